The average Bonchev–Trinajstić information content (AvgIpc) is 2.63. The second-order valence-electron chi connectivity index (χ2n) is 7.50. The van der Waals surface area contributed by atoms with Gasteiger partial charge in [0.25, 0.3) is 0 Å². The van der Waals surface area contributed by atoms with E-state index in [0.717, 1.165) is 24.0 Å². The Labute approximate surface area is 156 Å². The number of unbranched alkanes of at least 4 members (excludes halogenated alkanes) is 10. The Balaban J connectivity index is 2.48. The molecule has 0 saturated carbocycles. The van der Waals surface area contributed by atoms with Crippen molar-refractivity contribution in [1.29, 1.82) is 0 Å². The van der Waals surface area contributed by atoms with Gasteiger partial charge in [-0.15, -0.1) is 0 Å². The minimum atomic E-state index is 0.541. The number of aromatic hydroxyl groups is 1. The Bertz CT molecular complexity index is 418. The number of hydrogen-bond donors (Lipinski definition) is 2. The lowest BCUT2D eigenvalue weighted by atomic mass is 9.96. The van der Waals surface area contributed by atoms with Gasteiger partial charge in [0, 0.05) is 6.54 Å². The standard InChI is InChI=1S/C23H41NO/c1-3-5-7-9-11-13-15-21-17-20(19-24)18-22(23(21)25)16-14-12-10-8-6-4-2/h17-18,25H,3-16,19,24H2,1-2H3. The number of rotatable bonds is 15. The van der Waals surface area contributed by atoms with Gasteiger partial charge in [0.05, 0.1) is 0 Å². The highest BCUT2D eigenvalue weighted by atomic mass is 16.3. The van der Waals surface area contributed by atoms with E-state index in [4.69, 9.17) is 5.73 Å². The highest BCUT2D eigenvalue weighted by molar-refractivity contribution is 5.44. The third kappa shape index (κ3) is 9.30. The summed E-state index contributed by atoms with van der Waals surface area (Å²) in [4.78, 5) is 0. The molecule has 0 saturated heterocycles. The summed E-state index contributed by atoms with van der Waals surface area (Å²) >= 11 is 0. The van der Waals surface area contributed by atoms with Crippen LogP contribution in [-0.4, -0.2) is 5.11 Å². The van der Waals surface area contributed by atoms with Crippen LogP contribution in [-0.2, 0) is 19.4 Å². The van der Waals surface area contributed by atoms with E-state index in [-0.39, 0.29) is 0 Å². The number of hydrogen-bond acceptors (Lipinski definition) is 2. The van der Waals surface area contributed by atoms with Gasteiger partial charge in [0.1, 0.15) is 5.75 Å². The van der Waals surface area contributed by atoms with Crippen molar-refractivity contribution in [3.63, 3.8) is 0 Å². The monoisotopic (exact) mass is 347 g/mol. The molecule has 1 rings (SSSR count). The molecule has 0 spiro atoms. The van der Waals surface area contributed by atoms with Crippen molar-refractivity contribution in [1.82, 2.24) is 0 Å². The summed E-state index contributed by atoms with van der Waals surface area (Å²) in [7, 11) is 0. The van der Waals surface area contributed by atoms with Crippen LogP contribution in [0.1, 0.15) is 108 Å². The molecule has 0 unspecified atom stereocenters. The predicted molar refractivity (Wildman–Crippen MR) is 110 cm³/mol. The first-order chi connectivity index (χ1) is 12.2. The van der Waals surface area contributed by atoms with Gasteiger partial charge in [-0.3, -0.25) is 0 Å². The summed E-state index contributed by atoms with van der Waals surface area (Å²) in [6, 6.07) is 4.23. The van der Waals surface area contributed by atoms with Crippen LogP contribution >= 0.6 is 0 Å². The Hall–Kier alpha value is -1.02. The van der Waals surface area contributed by atoms with Gasteiger partial charge in [-0.1, -0.05) is 90.2 Å². The maximum Gasteiger partial charge on any atom is 0.121 e. The topological polar surface area (TPSA) is 46.2 Å². The van der Waals surface area contributed by atoms with Crippen molar-refractivity contribution in [3.05, 3.63) is 28.8 Å². The molecule has 144 valence electrons. The Morgan fingerprint density at radius 3 is 1.48 bits per heavy atom. The number of phenols is 1. The molecule has 0 amide bonds. The fourth-order valence-corrected chi connectivity index (χ4v) is 3.52. The SMILES string of the molecule is CCCCCCCCc1cc(CN)cc(CCCCCCCC)c1O. The summed E-state index contributed by atoms with van der Waals surface area (Å²) in [5.74, 6) is 0.541. The van der Waals surface area contributed by atoms with Crippen LogP contribution < -0.4 is 5.73 Å². The quantitative estimate of drug-likeness (QED) is 0.349. The lowest BCUT2D eigenvalue weighted by Gasteiger charge is -2.13. The van der Waals surface area contributed by atoms with Crippen molar-refractivity contribution >= 4 is 0 Å². The molecule has 0 fully saturated rings. The lowest BCUT2D eigenvalue weighted by Crippen LogP contribution is -2.01. The minimum Gasteiger partial charge on any atom is -0.507 e. The number of aryl methyl sites for hydroxylation is 2. The Kier molecular flexibility index (Phi) is 12.5. The molecule has 0 aromatic heterocycles. The summed E-state index contributed by atoms with van der Waals surface area (Å²) in [5, 5.41) is 10.6. The molecule has 0 aliphatic rings. The van der Waals surface area contributed by atoms with Gasteiger partial charge in [-0.25, -0.2) is 0 Å². The summed E-state index contributed by atoms with van der Waals surface area (Å²) in [6.07, 6.45) is 17.4. The van der Waals surface area contributed by atoms with Gasteiger partial charge in [0.15, 0.2) is 0 Å². The van der Waals surface area contributed by atoms with Gasteiger partial charge in [0.2, 0.25) is 0 Å². The first kappa shape index (κ1) is 22.0. The highest BCUT2D eigenvalue weighted by Crippen LogP contribution is 2.28. The fraction of sp³-hybridized carbons (Fsp3) is 0.739. The van der Waals surface area contributed by atoms with E-state index in [1.165, 1.54) is 82.6 Å². The summed E-state index contributed by atoms with van der Waals surface area (Å²) < 4.78 is 0. The number of phenolic OH excluding ortho intramolecular Hbond substituents is 1. The van der Waals surface area contributed by atoms with Gasteiger partial charge in [-0.05, 0) is 42.4 Å². The molecule has 2 heteroatoms. The van der Waals surface area contributed by atoms with Crippen LogP contribution in [0.25, 0.3) is 0 Å². The van der Waals surface area contributed by atoms with Crippen LogP contribution in [0.4, 0.5) is 0 Å². The molecule has 0 aliphatic heterocycles. The van der Waals surface area contributed by atoms with Crippen molar-refractivity contribution in [2.75, 3.05) is 0 Å². The molecule has 0 radical (unpaired) electrons. The first-order valence-corrected chi connectivity index (χ1v) is 10.8. The zero-order valence-corrected chi connectivity index (χ0v) is 16.8. The van der Waals surface area contributed by atoms with Gasteiger partial charge in [-0.2, -0.15) is 0 Å². The minimum absolute atomic E-state index is 0.541. The van der Waals surface area contributed by atoms with Crippen LogP contribution in [0.3, 0.4) is 0 Å². The molecule has 0 heterocycles. The van der Waals surface area contributed by atoms with Crippen LogP contribution in [0, 0.1) is 0 Å². The molecular weight excluding hydrogens is 306 g/mol. The molecule has 3 N–H and O–H groups in total. The van der Waals surface area contributed by atoms with Crippen LogP contribution in [0.15, 0.2) is 12.1 Å². The van der Waals surface area contributed by atoms with Crippen molar-refractivity contribution in [2.45, 2.75) is 110 Å². The molecule has 0 aliphatic carbocycles. The zero-order valence-electron chi connectivity index (χ0n) is 16.8. The van der Waals surface area contributed by atoms with E-state index in [1.807, 2.05) is 0 Å². The smallest absolute Gasteiger partial charge is 0.121 e. The third-order valence-electron chi connectivity index (χ3n) is 5.16. The van der Waals surface area contributed by atoms with Crippen LogP contribution in [0.5, 0.6) is 5.75 Å². The second kappa shape index (κ2) is 14.2. The maximum atomic E-state index is 10.6. The molecule has 0 bridgehead atoms. The van der Waals surface area contributed by atoms with Crippen molar-refractivity contribution in [2.24, 2.45) is 5.73 Å². The predicted octanol–water partition coefficient (Wildman–Crippen LogP) is 6.66. The molecule has 2 nitrogen and oxygen atoms in total. The highest BCUT2D eigenvalue weighted by Gasteiger charge is 2.10. The first-order valence-electron chi connectivity index (χ1n) is 10.8. The van der Waals surface area contributed by atoms with E-state index < -0.39 is 0 Å². The summed E-state index contributed by atoms with van der Waals surface area (Å²) in [5.41, 5.74) is 9.26. The largest absolute Gasteiger partial charge is 0.507 e. The van der Waals surface area contributed by atoms with E-state index in [1.54, 1.807) is 0 Å². The number of nitrogens with two attached hydrogens (primary N) is 1. The van der Waals surface area contributed by atoms with E-state index >= 15 is 0 Å². The third-order valence-corrected chi connectivity index (χ3v) is 5.16. The van der Waals surface area contributed by atoms with E-state index in [9.17, 15) is 5.11 Å². The Morgan fingerprint density at radius 2 is 1.08 bits per heavy atom. The Morgan fingerprint density at radius 1 is 0.680 bits per heavy atom. The van der Waals surface area contributed by atoms with E-state index in [0.29, 0.717) is 12.3 Å². The van der Waals surface area contributed by atoms with Crippen molar-refractivity contribution in [3.8, 4) is 5.75 Å². The molecule has 25 heavy (non-hydrogen) atoms. The van der Waals surface area contributed by atoms with Crippen molar-refractivity contribution < 1.29 is 5.11 Å². The second-order valence-corrected chi connectivity index (χ2v) is 7.50. The molecule has 0 atom stereocenters. The average molecular weight is 348 g/mol. The van der Waals surface area contributed by atoms with E-state index in [2.05, 4.69) is 26.0 Å². The normalized spacial score (nSPS) is 11.2. The molecule has 1 aromatic rings. The zero-order chi connectivity index (χ0) is 18.3. The molecular formula is C23H41NO. The molecule has 1 aromatic carbocycles. The van der Waals surface area contributed by atoms with Gasteiger partial charge >= 0.3 is 0 Å². The van der Waals surface area contributed by atoms with Crippen LogP contribution in [0.2, 0.25) is 0 Å². The fourth-order valence-electron chi connectivity index (χ4n) is 3.52. The summed E-state index contributed by atoms with van der Waals surface area (Å²) in [6.45, 7) is 5.07. The lowest BCUT2D eigenvalue weighted by molar-refractivity contribution is 0.456. The van der Waals surface area contributed by atoms with Gasteiger partial charge < -0.3 is 10.8 Å². The number of benzene rings is 1. The maximum absolute atomic E-state index is 10.6.